The lowest BCUT2D eigenvalue weighted by Gasteiger charge is -2.30. The number of esters is 1. The number of alkyl halides is 2. The van der Waals surface area contributed by atoms with Crippen molar-refractivity contribution in [2.45, 2.75) is 51.1 Å². The van der Waals surface area contributed by atoms with E-state index < -0.39 is 23.9 Å². The van der Waals surface area contributed by atoms with Crippen LogP contribution in [0.3, 0.4) is 0 Å². The molecular weight excluding hydrogens is 278 g/mol. The molecule has 0 aliphatic heterocycles. The van der Waals surface area contributed by atoms with Crippen LogP contribution in [0.15, 0.2) is 30.3 Å². The molecule has 0 radical (unpaired) electrons. The number of halogens is 2. The fraction of sp³-hybridized carbons (Fsp3) is 0.562. The summed E-state index contributed by atoms with van der Waals surface area (Å²) in [6.07, 6.45) is -0.121. The van der Waals surface area contributed by atoms with E-state index >= 15 is 0 Å². The van der Waals surface area contributed by atoms with E-state index in [4.69, 9.17) is 0 Å². The van der Waals surface area contributed by atoms with Crippen molar-refractivity contribution in [2.24, 2.45) is 0 Å². The van der Waals surface area contributed by atoms with Crippen LogP contribution in [0.4, 0.5) is 8.78 Å². The Balaban J connectivity index is 2.68. The molecule has 1 unspecified atom stereocenters. The summed E-state index contributed by atoms with van der Waals surface area (Å²) in [5, 5.41) is 10.3. The predicted octanol–water partition coefficient (Wildman–Crippen LogP) is 3.35. The quantitative estimate of drug-likeness (QED) is 0.749. The molecule has 1 N–H and O–H groups in total. The van der Waals surface area contributed by atoms with Crippen molar-refractivity contribution in [1.29, 1.82) is 0 Å². The van der Waals surface area contributed by atoms with Crippen molar-refractivity contribution in [3.63, 3.8) is 0 Å². The molecule has 0 saturated carbocycles. The molecule has 0 bridgehead atoms. The second-order valence-electron chi connectivity index (χ2n) is 5.17. The van der Waals surface area contributed by atoms with Crippen molar-refractivity contribution in [2.75, 3.05) is 6.61 Å². The van der Waals surface area contributed by atoms with Gasteiger partial charge in [-0.1, -0.05) is 37.3 Å². The summed E-state index contributed by atoms with van der Waals surface area (Å²) >= 11 is 0. The molecule has 1 rings (SSSR count). The zero-order valence-electron chi connectivity index (χ0n) is 12.4. The maximum absolute atomic E-state index is 13.8. The van der Waals surface area contributed by atoms with Gasteiger partial charge in [-0.05, 0) is 31.7 Å². The summed E-state index contributed by atoms with van der Waals surface area (Å²) < 4.78 is 31.9. The summed E-state index contributed by atoms with van der Waals surface area (Å²) in [6, 6.07) is 9.32. The molecule has 0 heterocycles. The zero-order chi connectivity index (χ0) is 15.9. The Kier molecular flexibility index (Phi) is 6.27. The van der Waals surface area contributed by atoms with E-state index in [2.05, 4.69) is 4.74 Å². The molecule has 1 aromatic carbocycles. The average molecular weight is 300 g/mol. The van der Waals surface area contributed by atoms with Crippen LogP contribution < -0.4 is 0 Å². The Morgan fingerprint density at radius 3 is 2.38 bits per heavy atom. The SMILES string of the molecule is CCOC(=O)C(F)(F)CC(O)(CC)CCc1ccccc1. The molecule has 0 amide bonds. The second kappa shape index (κ2) is 7.50. The first-order valence-electron chi connectivity index (χ1n) is 7.14. The van der Waals surface area contributed by atoms with Gasteiger partial charge in [0, 0.05) is 0 Å². The largest absolute Gasteiger partial charge is 0.462 e. The number of carbonyl (C=O) groups excluding carboxylic acids is 1. The second-order valence-corrected chi connectivity index (χ2v) is 5.17. The third-order valence-corrected chi connectivity index (χ3v) is 3.51. The molecule has 118 valence electrons. The average Bonchev–Trinajstić information content (AvgIpc) is 2.46. The molecule has 0 aromatic heterocycles. The Morgan fingerprint density at radius 2 is 1.86 bits per heavy atom. The highest BCUT2D eigenvalue weighted by molar-refractivity contribution is 5.77. The van der Waals surface area contributed by atoms with Crippen LogP contribution in [0, 0.1) is 0 Å². The van der Waals surface area contributed by atoms with E-state index in [1.54, 1.807) is 6.92 Å². The number of hydrogen-bond acceptors (Lipinski definition) is 3. The first-order valence-corrected chi connectivity index (χ1v) is 7.14. The third kappa shape index (κ3) is 5.42. The monoisotopic (exact) mass is 300 g/mol. The van der Waals surface area contributed by atoms with Gasteiger partial charge in [0.1, 0.15) is 0 Å². The summed E-state index contributed by atoms with van der Waals surface area (Å²) in [4.78, 5) is 11.2. The van der Waals surface area contributed by atoms with Gasteiger partial charge in [0.05, 0.1) is 18.6 Å². The van der Waals surface area contributed by atoms with Gasteiger partial charge in [-0.15, -0.1) is 0 Å². The van der Waals surface area contributed by atoms with E-state index in [0.717, 1.165) is 5.56 Å². The standard InChI is InChI=1S/C16H22F2O3/c1-3-15(20,11-10-13-8-6-5-7-9-13)12-16(17,18)14(19)21-4-2/h5-9,20H,3-4,10-12H2,1-2H3. The highest BCUT2D eigenvalue weighted by Crippen LogP contribution is 2.33. The number of ether oxygens (including phenoxy) is 1. The van der Waals surface area contributed by atoms with Crippen LogP contribution in [0.5, 0.6) is 0 Å². The van der Waals surface area contributed by atoms with Gasteiger partial charge >= 0.3 is 11.9 Å². The van der Waals surface area contributed by atoms with Crippen molar-refractivity contribution in [3.8, 4) is 0 Å². The first kappa shape index (κ1) is 17.6. The summed E-state index contributed by atoms with van der Waals surface area (Å²) in [7, 11) is 0. The number of carbonyl (C=O) groups is 1. The maximum atomic E-state index is 13.8. The van der Waals surface area contributed by atoms with Crippen LogP contribution in [0.25, 0.3) is 0 Å². The predicted molar refractivity (Wildman–Crippen MR) is 76.2 cm³/mol. The van der Waals surface area contributed by atoms with Crippen LogP contribution in [-0.4, -0.2) is 29.2 Å². The minimum Gasteiger partial charge on any atom is -0.462 e. The molecule has 0 spiro atoms. The van der Waals surface area contributed by atoms with Crippen molar-refractivity contribution >= 4 is 5.97 Å². The van der Waals surface area contributed by atoms with Crippen molar-refractivity contribution < 1.29 is 23.4 Å². The summed E-state index contributed by atoms with van der Waals surface area (Å²) in [5.41, 5.74) is -0.629. The van der Waals surface area contributed by atoms with Gasteiger partial charge in [-0.2, -0.15) is 8.78 Å². The number of aryl methyl sites for hydroxylation is 1. The molecule has 0 aliphatic rings. The van der Waals surface area contributed by atoms with Gasteiger partial charge in [-0.25, -0.2) is 4.79 Å². The van der Waals surface area contributed by atoms with Crippen molar-refractivity contribution in [1.82, 2.24) is 0 Å². The summed E-state index contributed by atoms with van der Waals surface area (Å²) in [6.45, 7) is 2.99. The van der Waals surface area contributed by atoms with E-state index in [1.165, 1.54) is 6.92 Å². The number of benzene rings is 1. The van der Waals surface area contributed by atoms with Crippen molar-refractivity contribution in [3.05, 3.63) is 35.9 Å². The third-order valence-electron chi connectivity index (χ3n) is 3.51. The lowest BCUT2D eigenvalue weighted by Crippen LogP contribution is -2.42. The summed E-state index contributed by atoms with van der Waals surface area (Å²) in [5.74, 6) is -5.24. The number of hydrogen-bond donors (Lipinski definition) is 1. The lowest BCUT2D eigenvalue weighted by atomic mass is 9.86. The van der Waals surface area contributed by atoms with Gasteiger partial charge < -0.3 is 9.84 Å². The number of aliphatic hydroxyl groups is 1. The molecule has 0 saturated heterocycles. The fourth-order valence-electron chi connectivity index (χ4n) is 2.13. The molecule has 21 heavy (non-hydrogen) atoms. The van der Waals surface area contributed by atoms with E-state index in [-0.39, 0.29) is 19.4 Å². The minimum absolute atomic E-state index is 0.108. The molecule has 0 aliphatic carbocycles. The van der Waals surface area contributed by atoms with Gasteiger partial charge in [0.25, 0.3) is 0 Å². The van der Waals surface area contributed by atoms with Crippen LogP contribution in [0.1, 0.15) is 38.7 Å². The van der Waals surface area contributed by atoms with Crippen LogP contribution >= 0.6 is 0 Å². The Hall–Kier alpha value is -1.49. The smallest absolute Gasteiger partial charge is 0.377 e. The minimum atomic E-state index is -3.67. The topological polar surface area (TPSA) is 46.5 Å². The first-order chi connectivity index (χ1) is 9.83. The molecule has 5 heteroatoms. The van der Waals surface area contributed by atoms with E-state index in [9.17, 15) is 18.7 Å². The molecule has 3 nitrogen and oxygen atoms in total. The highest BCUT2D eigenvalue weighted by atomic mass is 19.3. The van der Waals surface area contributed by atoms with Gasteiger partial charge in [0.2, 0.25) is 0 Å². The Labute approximate surface area is 123 Å². The van der Waals surface area contributed by atoms with E-state index in [1.807, 2.05) is 30.3 Å². The maximum Gasteiger partial charge on any atom is 0.377 e. The number of rotatable bonds is 8. The highest BCUT2D eigenvalue weighted by Gasteiger charge is 2.47. The fourth-order valence-corrected chi connectivity index (χ4v) is 2.13. The Morgan fingerprint density at radius 1 is 1.24 bits per heavy atom. The lowest BCUT2D eigenvalue weighted by molar-refractivity contribution is -0.181. The molecule has 0 fully saturated rings. The molecular formula is C16H22F2O3. The zero-order valence-corrected chi connectivity index (χ0v) is 12.4. The van der Waals surface area contributed by atoms with Crippen LogP contribution in [-0.2, 0) is 16.0 Å². The molecule has 1 atom stereocenters. The normalized spacial score (nSPS) is 14.5. The van der Waals surface area contributed by atoms with Crippen LogP contribution in [0.2, 0.25) is 0 Å². The van der Waals surface area contributed by atoms with Gasteiger partial charge in [-0.3, -0.25) is 0 Å². The van der Waals surface area contributed by atoms with E-state index in [0.29, 0.717) is 6.42 Å². The molecule has 1 aromatic rings. The van der Waals surface area contributed by atoms with Gasteiger partial charge in [0.15, 0.2) is 0 Å². The Bertz CT molecular complexity index is 448.